The Hall–Kier alpha value is 0.0100. The van der Waals surface area contributed by atoms with Crippen molar-refractivity contribution in [2.45, 2.75) is 24.7 Å². The van der Waals surface area contributed by atoms with Crippen molar-refractivity contribution >= 4 is 27.7 Å². The lowest BCUT2D eigenvalue weighted by Gasteiger charge is -2.20. The molecule has 0 aliphatic heterocycles. The number of alkyl halides is 1. The van der Waals surface area contributed by atoms with Crippen LogP contribution in [-0.4, -0.2) is 35.6 Å². The third-order valence-electron chi connectivity index (χ3n) is 2.65. The van der Waals surface area contributed by atoms with Crippen LogP contribution in [0.3, 0.4) is 0 Å². The topological polar surface area (TPSA) is 3.24 Å². The summed E-state index contributed by atoms with van der Waals surface area (Å²) in [5.41, 5.74) is 0. The third kappa shape index (κ3) is 7.12. The normalized spacial score (nSPS) is 11.0. The van der Waals surface area contributed by atoms with Crippen LogP contribution in [-0.2, 0) is 0 Å². The zero-order valence-corrected chi connectivity index (χ0v) is 13.0. The summed E-state index contributed by atoms with van der Waals surface area (Å²) < 4.78 is 0. The van der Waals surface area contributed by atoms with Gasteiger partial charge in [0.05, 0.1) is 0 Å². The maximum Gasteiger partial charge on any atom is 0.0159 e. The number of nitrogens with zero attached hydrogens (tertiary/aromatic N) is 1. The molecule has 0 atom stereocenters. The summed E-state index contributed by atoms with van der Waals surface area (Å²) in [4.78, 5) is 3.93. The molecule has 1 aromatic rings. The second-order valence-corrected chi connectivity index (χ2v) is 6.01. The largest absolute Gasteiger partial charge is 0.302 e. The van der Waals surface area contributed by atoms with Crippen molar-refractivity contribution in [2.75, 3.05) is 30.7 Å². The van der Waals surface area contributed by atoms with Gasteiger partial charge in [-0.25, -0.2) is 0 Å². The first-order valence-electron chi connectivity index (χ1n) is 6.33. The summed E-state index contributed by atoms with van der Waals surface area (Å²) in [5.74, 6) is 1.18. The Morgan fingerprint density at radius 1 is 1.12 bits per heavy atom. The maximum atomic E-state index is 3.53. The molecule has 0 amide bonds. The van der Waals surface area contributed by atoms with E-state index in [9.17, 15) is 0 Å². The van der Waals surface area contributed by atoms with Crippen molar-refractivity contribution in [1.29, 1.82) is 0 Å². The summed E-state index contributed by atoms with van der Waals surface area (Å²) >= 11 is 5.48. The zero-order chi connectivity index (χ0) is 12.3. The van der Waals surface area contributed by atoms with E-state index in [1.807, 2.05) is 11.8 Å². The minimum absolute atomic E-state index is 1.08. The number of thioether (sulfide) groups is 1. The van der Waals surface area contributed by atoms with E-state index in [0.717, 1.165) is 11.9 Å². The highest BCUT2D eigenvalue weighted by Crippen LogP contribution is 2.16. The zero-order valence-electron chi connectivity index (χ0n) is 10.6. The van der Waals surface area contributed by atoms with Crippen LogP contribution in [0.4, 0.5) is 0 Å². The van der Waals surface area contributed by atoms with Crippen molar-refractivity contribution in [3.8, 4) is 0 Å². The molecule has 0 heterocycles. The SMILES string of the molecule is CCCCN(CCBr)CCSc1ccccc1. The number of hydrogen-bond donors (Lipinski definition) is 0. The minimum atomic E-state index is 1.08. The lowest BCUT2D eigenvalue weighted by molar-refractivity contribution is 0.304. The van der Waals surface area contributed by atoms with E-state index in [1.165, 1.54) is 36.6 Å². The first kappa shape index (κ1) is 15.1. The van der Waals surface area contributed by atoms with Gasteiger partial charge >= 0.3 is 0 Å². The van der Waals surface area contributed by atoms with Crippen molar-refractivity contribution < 1.29 is 0 Å². The molecule has 96 valence electrons. The molecule has 0 radical (unpaired) electrons. The van der Waals surface area contributed by atoms with Gasteiger partial charge in [0.2, 0.25) is 0 Å². The van der Waals surface area contributed by atoms with Crippen LogP contribution in [0, 0.1) is 0 Å². The Morgan fingerprint density at radius 3 is 2.53 bits per heavy atom. The number of halogens is 1. The molecule has 3 heteroatoms. The highest BCUT2D eigenvalue weighted by Gasteiger charge is 2.03. The van der Waals surface area contributed by atoms with Gasteiger partial charge in [-0.2, -0.15) is 0 Å². The van der Waals surface area contributed by atoms with Crippen molar-refractivity contribution in [3.63, 3.8) is 0 Å². The second-order valence-electron chi connectivity index (χ2n) is 4.05. The molecule has 0 saturated carbocycles. The highest BCUT2D eigenvalue weighted by molar-refractivity contribution is 9.09. The monoisotopic (exact) mass is 315 g/mol. The average molecular weight is 316 g/mol. The van der Waals surface area contributed by atoms with Crippen LogP contribution in [0.25, 0.3) is 0 Å². The molecule has 0 unspecified atom stereocenters. The molecule has 0 N–H and O–H groups in total. The molecule has 0 aliphatic carbocycles. The van der Waals surface area contributed by atoms with Crippen LogP contribution in [0.1, 0.15) is 19.8 Å². The van der Waals surface area contributed by atoms with Crippen molar-refractivity contribution in [1.82, 2.24) is 4.90 Å². The summed E-state index contributed by atoms with van der Waals surface area (Å²) in [7, 11) is 0. The second kappa shape index (κ2) is 9.98. The standard InChI is InChI=1S/C14H22BrNS/c1-2-3-10-16(11-9-15)12-13-17-14-7-5-4-6-8-14/h4-8H,2-3,9-13H2,1H3. The van der Waals surface area contributed by atoms with E-state index in [0.29, 0.717) is 0 Å². The smallest absolute Gasteiger partial charge is 0.0159 e. The summed E-state index contributed by atoms with van der Waals surface area (Å²) in [6, 6.07) is 10.7. The first-order chi connectivity index (χ1) is 8.36. The number of hydrogen-bond acceptors (Lipinski definition) is 2. The van der Waals surface area contributed by atoms with Gasteiger partial charge in [-0.1, -0.05) is 47.5 Å². The van der Waals surface area contributed by atoms with E-state index in [1.54, 1.807) is 0 Å². The molecule has 0 aliphatic rings. The molecular weight excluding hydrogens is 294 g/mol. The third-order valence-corrected chi connectivity index (χ3v) is 3.99. The minimum Gasteiger partial charge on any atom is -0.302 e. The molecule has 1 nitrogen and oxygen atoms in total. The summed E-state index contributed by atoms with van der Waals surface area (Å²) in [6.45, 7) is 5.84. The fourth-order valence-electron chi connectivity index (χ4n) is 1.65. The molecule has 0 spiro atoms. The number of unbranched alkanes of at least 4 members (excludes halogenated alkanes) is 1. The highest BCUT2D eigenvalue weighted by atomic mass is 79.9. The lowest BCUT2D eigenvalue weighted by Crippen LogP contribution is -2.29. The van der Waals surface area contributed by atoms with Crippen LogP contribution in [0.5, 0.6) is 0 Å². The Bertz CT molecular complexity index is 279. The lowest BCUT2D eigenvalue weighted by atomic mass is 10.3. The van der Waals surface area contributed by atoms with Gasteiger partial charge in [-0.15, -0.1) is 11.8 Å². The quantitative estimate of drug-likeness (QED) is 0.494. The number of rotatable bonds is 9. The maximum absolute atomic E-state index is 3.53. The molecule has 17 heavy (non-hydrogen) atoms. The van der Waals surface area contributed by atoms with Gasteiger partial charge in [-0.3, -0.25) is 0 Å². The Kier molecular flexibility index (Phi) is 8.85. The molecule has 0 saturated heterocycles. The molecule has 1 aromatic carbocycles. The first-order valence-corrected chi connectivity index (χ1v) is 8.43. The summed E-state index contributed by atoms with van der Waals surface area (Å²) in [5, 5.41) is 1.08. The van der Waals surface area contributed by atoms with Crippen LogP contribution in [0.2, 0.25) is 0 Å². The van der Waals surface area contributed by atoms with E-state index in [2.05, 4.69) is 58.1 Å². The van der Waals surface area contributed by atoms with Crippen LogP contribution in [0.15, 0.2) is 35.2 Å². The van der Waals surface area contributed by atoms with Crippen molar-refractivity contribution in [2.24, 2.45) is 0 Å². The molecule has 0 fully saturated rings. The van der Waals surface area contributed by atoms with E-state index in [-0.39, 0.29) is 0 Å². The van der Waals surface area contributed by atoms with Gasteiger partial charge < -0.3 is 4.90 Å². The van der Waals surface area contributed by atoms with Gasteiger partial charge in [0.1, 0.15) is 0 Å². The predicted molar refractivity (Wildman–Crippen MR) is 82.3 cm³/mol. The van der Waals surface area contributed by atoms with Gasteiger partial charge in [0, 0.05) is 29.1 Å². The molecule has 0 aromatic heterocycles. The van der Waals surface area contributed by atoms with E-state index >= 15 is 0 Å². The van der Waals surface area contributed by atoms with Gasteiger partial charge in [0.15, 0.2) is 0 Å². The van der Waals surface area contributed by atoms with Crippen LogP contribution < -0.4 is 0 Å². The molecule has 0 bridgehead atoms. The van der Waals surface area contributed by atoms with E-state index in [4.69, 9.17) is 0 Å². The fourth-order valence-corrected chi connectivity index (χ4v) is 3.08. The van der Waals surface area contributed by atoms with Crippen LogP contribution >= 0.6 is 27.7 Å². The predicted octanol–water partition coefficient (Wildman–Crippen LogP) is 4.28. The Labute approximate surface area is 118 Å². The summed E-state index contributed by atoms with van der Waals surface area (Å²) in [6.07, 6.45) is 2.59. The van der Waals surface area contributed by atoms with Gasteiger partial charge in [-0.05, 0) is 25.1 Å². The Balaban J connectivity index is 2.22. The Morgan fingerprint density at radius 2 is 1.88 bits per heavy atom. The fraction of sp³-hybridized carbons (Fsp3) is 0.571. The molecule has 1 rings (SSSR count). The van der Waals surface area contributed by atoms with Crippen molar-refractivity contribution in [3.05, 3.63) is 30.3 Å². The average Bonchev–Trinajstić information content (AvgIpc) is 2.37. The van der Waals surface area contributed by atoms with Gasteiger partial charge in [0.25, 0.3) is 0 Å². The number of benzene rings is 1. The molecular formula is C14H22BrNS. The van der Waals surface area contributed by atoms with E-state index < -0.39 is 0 Å².